The normalized spacial score (nSPS) is 32.9. The molecule has 0 saturated carbocycles. The summed E-state index contributed by atoms with van der Waals surface area (Å²) < 4.78 is 5.73. The summed E-state index contributed by atoms with van der Waals surface area (Å²) in [6.45, 7) is 9.56. The molecular formula is C14H25N3O. The van der Waals surface area contributed by atoms with Gasteiger partial charge >= 0.3 is 0 Å². The predicted octanol–water partition coefficient (Wildman–Crippen LogP) is 1.38. The maximum atomic E-state index is 8.88. The standard InChI is InChI=1S/C14H25N3O/c1-14(2)10-16-12(5-6-15)8-17(11-14)9-13-4-3-7-18-13/h12-13,16H,3-5,7-11H2,1-2H3. The molecule has 0 amide bonds. The summed E-state index contributed by atoms with van der Waals surface area (Å²) in [5.74, 6) is 0. The highest BCUT2D eigenvalue weighted by Crippen LogP contribution is 2.22. The number of nitrogens with one attached hydrogen (secondary N) is 1. The third kappa shape index (κ3) is 3.94. The van der Waals surface area contributed by atoms with E-state index in [-0.39, 0.29) is 5.41 Å². The number of rotatable bonds is 3. The second-order valence-electron chi connectivity index (χ2n) is 6.43. The lowest BCUT2D eigenvalue weighted by Gasteiger charge is -2.30. The van der Waals surface area contributed by atoms with Gasteiger partial charge in [-0.05, 0) is 18.3 Å². The monoisotopic (exact) mass is 251 g/mol. The van der Waals surface area contributed by atoms with Crippen molar-refractivity contribution < 1.29 is 4.74 Å². The van der Waals surface area contributed by atoms with Gasteiger partial charge in [-0.25, -0.2) is 0 Å². The molecule has 2 rings (SSSR count). The molecule has 4 heteroatoms. The van der Waals surface area contributed by atoms with Crippen molar-refractivity contribution in [2.24, 2.45) is 5.41 Å². The molecule has 2 aliphatic heterocycles. The first kappa shape index (κ1) is 13.8. The molecule has 18 heavy (non-hydrogen) atoms. The van der Waals surface area contributed by atoms with Crippen molar-refractivity contribution in [3.8, 4) is 6.07 Å². The maximum Gasteiger partial charge on any atom is 0.0702 e. The Balaban J connectivity index is 1.94. The van der Waals surface area contributed by atoms with Crippen LogP contribution in [0.5, 0.6) is 0 Å². The fraction of sp³-hybridized carbons (Fsp3) is 0.929. The van der Waals surface area contributed by atoms with Gasteiger partial charge in [-0.1, -0.05) is 13.8 Å². The van der Waals surface area contributed by atoms with Crippen molar-refractivity contribution in [3.63, 3.8) is 0 Å². The van der Waals surface area contributed by atoms with Crippen molar-refractivity contribution in [1.29, 1.82) is 5.26 Å². The SMILES string of the molecule is CC1(C)CNC(CC#N)CN(CC2CCCO2)C1. The summed E-state index contributed by atoms with van der Waals surface area (Å²) in [6, 6.07) is 2.59. The smallest absolute Gasteiger partial charge is 0.0702 e. The molecule has 0 aliphatic carbocycles. The Kier molecular flexibility index (Phi) is 4.60. The van der Waals surface area contributed by atoms with E-state index >= 15 is 0 Å². The second kappa shape index (κ2) is 6.01. The van der Waals surface area contributed by atoms with Crippen LogP contribution in [-0.2, 0) is 4.74 Å². The number of nitriles is 1. The summed E-state index contributed by atoms with van der Waals surface area (Å²) in [7, 11) is 0. The quantitative estimate of drug-likeness (QED) is 0.823. The maximum absolute atomic E-state index is 8.88. The molecule has 0 radical (unpaired) electrons. The molecule has 0 bridgehead atoms. The molecule has 0 aromatic heterocycles. The lowest BCUT2D eigenvalue weighted by molar-refractivity contribution is 0.0634. The summed E-state index contributed by atoms with van der Waals surface area (Å²) >= 11 is 0. The molecule has 102 valence electrons. The van der Waals surface area contributed by atoms with Crippen molar-refractivity contribution in [1.82, 2.24) is 10.2 Å². The highest BCUT2D eigenvalue weighted by atomic mass is 16.5. The van der Waals surface area contributed by atoms with Crippen LogP contribution in [0.2, 0.25) is 0 Å². The Morgan fingerprint density at radius 2 is 2.33 bits per heavy atom. The van der Waals surface area contributed by atoms with E-state index in [1.807, 2.05) is 0 Å². The molecule has 2 aliphatic rings. The van der Waals surface area contributed by atoms with Crippen LogP contribution in [0.25, 0.3) is 0 Å². The van der Waals surface area contributed by atoms with Crippen LogP contribution >= 0.6 is 0 Å². The van der Waals surface area contributed by atoms with E-state index in [0.717, 1.165) is 32.8 Å². The first-order valence-electron chi connectivity index (χ1n) is 7.03. The first-order chi connectivity index (χ1) is 8.59. The van der Waals surface area contributed by atoms with Gasteiger partial charge in [-0.15, -0.1) is 0 Å². The zero-order chi connectivity index (χ0) is 13.0. The van der Waals surface area contributed by atoms with E-state index in [9.17, 15) is 0 Å². The Morgan fingerprint density at radius 1 is 1.50 bits per heavy atom. The highest BCUT2D eigenvalue weighted by molar-refractivity contribution is 4.90. The number of nitrogens with zero attached hydrogens (tertiary/aromatic N) is 2. The number of hydrogen-bond acceptors (Lipinski definition) is 4. The van der Waals surface area contributed by atoms with Crippen molar-refractivity contribution in [2.45, 2.75) is 45.3 Å². The lowest BCUT2D eigenvalue weighted by Crippen LogP contribution is -2.41. The molecule has 0 aromatic rings. The molecule has 0 spiro atoms. The van der Waals surface area contributed by atoms with E-state index in [2.05, 4.69) is 30.1 Å². The zero-order valence-corrected chi connectivity index (χ0v) is 11.6. The third-order valence-electron chi connectivity index (χ3n) is 3.82. The fourth-order valence-corrected chi connectivity index (χ4v) is 2.98. The van der Waals surface area contributed by atoms with E-state index in [0.29, 0.717) is 18.6 Å². The minimum atomic E-state index is 0.267. The second-order valence-corrected chi connectivity index (χ2v) is 6.43. The van der Waals surface area contributed by atoms with Gasteiger partial charge in [0.15, 0.2) is 0 Å². The summed E-state index contributed by atoms with van der Waals surface area (Å²) in [5.41, 5.74) is 0.267. The molecule has 2 atom stereocenters. The van der Waals surface area contributed by atoms with Crippen molar-refractivity contribution >= 4 is 0 Å². The molecule has 0 aromatic carbocycles. The fourth-order valence-electron chi connectivity index (χ4n) is 2.98. The highest BCUT2D eigenvalue weighted by Gasteiger charge is 2.30. The summed E-state index contributed by atoms with van der Waals surface area (Å²) in [4.78, 5) is 2.48. The molecule has 2 fully saturated rings. The molecular weight excluding hydrogens is 226 g/mol. The van der Waals surface area contributed by atoms with Crippen molar-refractivity contribution in [2.75, 3.05) is 32.8 Å². The van der Waals surface area contributed by atoms with Crippen LogP contribution in [0.4, 0.5) is 0 Å². The van der Waals surface area contributed by atoms with Crippen LogP contribution in [0.3, 0.4) is 0 Å². The van der Waals surface area contributed by atoms with Gasteiger partial charge in [0, 0.05) is 38.8 Å². The van der Waals surface area contributed by atoms with Gasteiger partial charge in [0.05, 0.1) is 18.6 Å². The van der Waals surface area contributed by atoms with E-state index < -0.39 is 0 Å². The average molecular weight is 251 g/mol. The molecule has 2 saturated heterocycles. The van der Waals surface area contributed by atoms with Gasteiger partial charge in [0.1, 0.15) is 0 Å². The number of hydrogen-bond donors (Lipinski definition) is 1. The van der Waals surface area contributed by atoms with E-state index in [1.54, 1.807) is 0 Å². The van der Waals surface area contributed by atoms with Crippen molar-refractivity contribution in [3.05, 3.63) is 0 Å². The third-order valence-corrected chi connectivity index (χ3v) is 3.82. The minimum absolute atomic E-state index is 0.267. The molecule has 4 nitrogen and oxygen atoms in total. The Hall–Kier alpha value is -0.630. The average Bonchev–Trinajstić information content (AvgIpc) is 2.73. The van der Waals surface area contributed by atoms with Gasteiger partial charge in [-0.2, -0.15) is 5.26 Å². The molecule has 1 N–H and O–H groups in total. The minimum Gasteiger partial charge on any atom is -0.377 e. The van der Waals surface area contributed by atoms with E-state index in [4.69, 9.17) is 10.00 Å². The van der Waals surface area contributed by atoms with Gasteiger partial charge in [0.2, 0.25) is 0 Å². The lowest BCUT2D eigenvalue weighted by atomic mass is 9.93. The van der Waals surface area contributed by atoms with Crippen LogP contribution < -0.4 is 5.32 Å². The Labute approximate surface area is 110 Å². The Bertz CT molecular complexity index is 305. The number of ether oxygens (including phenoxy) is 1. The predicted molar refractivity (Wildman–Crippen MR) is 71.2 cm³/mol. The Morgan fingerprint density at radius 3 is 3.00 bits per heavy atom. The summed E-state index contributed by atoms with van der Waals surface area (Å²) in [6.07, 6.45) is 3.38. The largest absolute Gasteiger partial charge is 0.377 e. The van der Waals surface area contributed by atoms with E-state index in [1.165, 1.54) is 12.8 Å². The van der Waals surface area contributed by atoms with Crippen LogP contribution in [-0.4, -0.2) is 49.8 Å². The van der Waals surface area contributed by atoms with Gasteiger partial charge in [-0.3, -0.25) is 4.90 Å². The molecule has 2 unspecified atom stereocenters. The first-order valence-corrected chi connectivity index (χ1v) is 7.03. The van der Waals surface area contributed by atoms with Gasteiger partial charge in [0.25, 0.3) is 0 Å². The van der Waals surface area contributed by atoms with Gasteiger partial charge < -0.3 is 10.1 Å². The zero-order valence-electron chi connectivity index (χ0n) is 11.6. The topological polar surface area (TPSA) is 48.3 Å². The van der Waals surface area contributed by atoms with Crippen LogP contribution in [0.1, 0.15) is 33.1 Å². The molecule has 2 heterocycles. The van der Waals surface area contributed by atoms with Crippen LogP contribution in [0.15, 0.2) is 0 Å². The summed E-state index contributed by atoms with van der Waals surface area (Å²) in [5, 5.41) is 12.4. The van der Waals surface area contributed by atoms with Crippen LogP contribution in [0, 0.1) is 16.7 Å².